The predicted molar refractivity (Wildman–Crippen MR) is 80.1 cm³/mol. The fraction of sp³-hybridized carbons (Fsp3) is 0.133. The summed E-state index contributed by atoms with van der Waals surface area (Å²) in [6.07, 6.45) is -4.49. The first kappa shape index (κ1) is 16.4. The molecule has 1 N–H and O–H groups in total. The Balaban J connectivity index is 2.21. The van der Waals surface area contributed by atoms with Crippen LogP contribution in [0.25, 0.3) is 0 Å². The summed E-state index contributed by atoms with van der Waals surface area (Å²) < 4.78 is 43.6. The molecular weight excluding hydrogens is 363 g/mol. The maximum Gasteiger partial charge on any atom is 0.416 e. The van der Waals surface area contributed by atoms with Crippen LogP contribution >= 0.6 is 15.9 Å². The molecule has 1 amide bonds. The second-order valence-electron chi connectivity index (χ2n) is 4.38. The predicted octanol–water partition coefficient (Wildman–Crippen LogP) is 4.73. The number of rotatable bonds is 3. The van der Waals surface area contributed by atoms with E-state index >= 15 is 0 Å². The lowest BCUT2D eigenvalue weighted by Gasteiger charge is -2.10. The van der Waals surface area contributed by atoms with Crippen molar-refractivity contribution in [3.63, 3.8) is 0 Å². The Morgan fingerprint density at radius 2 is 1.91 bits per heavy atom. The Bertz CT molecular complexity index is 701. The van der Waals surface area contributed by atoms with Crippen LogP contribution in [0.1, 0.15) is 15.9 Å². The van der Waals surface area contributed by atoms with E-state index in [-0.39, 0.29) is 5.56 Å². The Labute approximate surface area is 133 Å². The first-order valence-electron chi connectivity index (χ1n) is 6.13. The number of alkyl halides is 3. The summed E-state index contributed by atoms with van der Waals surface area (Å²) in [5, 5.41) is 2.54. The fourth-order valence-electron chi connectivity index (χ4n) is 1.78. The fourth-order valence-corrected chi connectivity index (χ4v) is 2.32. The normalized spacial score (nSPS) is 11.1. The first-order valence-corrected chi connectivity index (χ1v) is 6.92. The second-order valence-corrected chi connectivity index (χ2v) is 5.24. The third-order valence-corrected chi connectivity index (χ3v) is 3.48. The minimum absolute atomic E-state index is 0.0678. The molecule has 0 saturated heterocycles. The van der Waals surface area contributed by atoms with Crippen LogP contribution in [-0.2, 0) is 6.18 Å². The molecule has 0 radical (unpaired) electrons. The van der Waals surface area contributed by atoms with Crippen LogP contribution in [0.3, 0.4) is 0 Å². The minimum Gasteiger partial charge on any atom is -0.496 e. The van der Waals surface area contributed by atoms with Gasteiger partial charge < -0.3 is 10.1 Å². The monoisotopic (exact) mass is 373 g/mol. The standard InChI is InChI=1S/C15H11BrF3NO2/c1-22-13-6-5-11(8-12(13)16)20-14(21)9-3-2-4-10(7-9)15(17,18)19/h2-8H,1H3,(H,20,21). The van der Waals surface area contributed by atoms with E-state index < -0.39 is 17.6 Å². The molecule has 0 spiro atoms. The maximum atomic E-state index is 12.6. The molecular formula is C15H11BrF3NO2. The Hall–Kier alpha value is -2.02. The van der Waals surface area contributed by atoms with E-state index in [1.807, 2.05) is 0 Å². The van der Waals surface area contributed by atoms with Crippen molar-refractivity contribution >= 4 is 27.5 Å². The van der Waals surface area contributed by atoms with Crippen molar-refractivity contribution in [3.05, 3.63) is 58.1 Å². The molecule has 116 valence electrons. The summed E-state index contributed by atoms with van der Waals surface area (Å²) in [6.45, 7) is 0. The SMILES string of the molecule is COc1ccc(NC(=O)c2cccc(C(F)(F)F)c2)cc1Br. The van der Waals surface area contributed by atoms with Gasteiger partial charge in [-0.15, -0.1) is 0 Å². The van der Waals surface area contributed by atoms with Crippen LogP contribution in [0.4, 0.5) is 18.9 Å². The topological polar surface area (TPSA) is 38.3 Å². The van der Waals surface area contributed by atoms with E-state index in [0.29, 0.717) is 15.9 Å². The van der Waals surface area contributed by atoms with Gasteiger partial charge in [0, 0.05) is 11.3 Å². The summed E-state index contributed by atoms with van der Waals surface area (Å²) in [5.74, 6) is -0.0414. The number of carbonyl (C=O) groups excluding carboxylic acids is 1. The molecule has 0 unspecified atom stereocenters. The zero-order chi connectivity index (χ0) is 16.3. The van der Waals surface area contributed by atoms with Crippen LogP contribution in [0.2, 0.25) is 0 Å². The van der Waals surface area contributed by atoms with Crippen LogP contribution in [0, 0.1) is 0 Å². The second kappa shape index (κ2) is 6.39. The zero-order valence-corrected chi connectivity index (χ0v) is 13.0. The molecule has 7 heteroatoms. The minimum atomic E-state index is -4.49. The molecule has 2 aromatic carbocycles. The number of hydrogen-bond donors (Lipinski definition) is 1. The van der Waals surface area contributed by atoms with E-state index in [1.54, 1.807) is 18.2 Å². The van der Waals surface area contributed by atoms with Gasteiger partial charge in [-0.1, -0.05) is 6.07 Å². The van der Waals surface area contributed by atoms with Crippen molar-refractivity contribution in [2.24, 2.45) is 0 Å². The lowest BCUT2D eigenvalue weighted by Crippen LogP contribution is -2.14. The van der Waals surface area contributed by atoms with Gasteiger partial charge in [-0.2, -0.15) is 13.2 Å². The first-order chi connectivity index (χ1) is 10.3. The van der Waals surface area contributed by atoms with Gasteiger partial charge in [0.1, 0.15) is 5.75 Å². The number of methoxy groups -OCH3 is 1. The van der Waals surface area contributed by atoms with E-state index in [2.05, 4.69) is 21.2 Å². The number of amides is 1. The van der Waals surface area contributed by atoms with Crippen molar-refractivity contribution in [1.82, 2.24) is 0 Å². The van der Waals surface area contributed by atoms with Crippen LogP contribution in [0.5, 0.6) is 5.75 Å². The molecule has 0 saturated carbocycles. The highest BCUT2D eigenvalue weighted by atomic mass is 79.9. The van der Waals surface area contributed by atoms with Crippen LogP contribution in [-0.4, -0.2) is 13.0 Å². The van der Waals surface area contributed by atoms with Crippen molar-refractivity contribution in [1.29, 1.82) is 0 Å². The van der Waals surface area contributed by atoms with Crippen molar-refractivity contribution in [2.45, 2.75) is 6.18 Å². The number of anilines is 1. The van der Waals surface area contributed by atoms with Crippen molar-refractivity contribution in [3.8, 4) is 5.75 Å². The van der Waals surface area contributed by atoms with E-state index in [0.717, 1.165) is 12.1 Å². The molecule has 2 aromatic rings. The number of hydrogen-bond acceptors (Lipinski definition) is 2. The highest BCUT2D eigenvalue weighted by Gasteiger charge is 2.30. The molecule has 0 heterocycles. The lowest BCUT2D eigenvalue weighted by molar-refractivity contribution is -0.137. The highest BCUT2D eigenvalue weighted by Crippen LogP contribution is 2.30. The van der Waals surface area contributed by atoms with E-state index in [9.17, 15) is 18.0 Å². The smallest absolute Gasteiger partial charge is 0.416 e. The van der Waals surface area contributed by atoms with Gasteiger partial charge in [-0.05, 0) is 52.3 Å². The number of carbonyl (C=O) groups is 1. The summed E-state index contributed by atoms with van der Waals surface area (Å²) in [6, 6.07) is 9.07. The molecule has 0 aliphatic carbocycles. The van der Waals surface area contributed by atoms with Crippen LogP contribution in [0.15, 0.2) is 46.9 Å². The van der Waals surface area contributed by atoms with Gasteiger partial charge in [-0.3, -0.25) is 4.79 Å². The summed E-state index contributed by atoms with van der Waals surface area (Å²) in [4.78, 5) is 12.0. The van der Waals surface area contributed by atoms with Gasteiger partial charge in [0.15, 0.2) is 0 Å². The van der Waals surface area contributed by atoms with Gasteiger partial charge in [0.2, 0.25) is 0 Å². The zero-order valence-electron chi connectivity index (χ0n) is 11.4. The molecule has 22 heavy (non-hydrogen) atoms. The summed E-state index contributed by atoms with van der Waals surface area (Å²) >= 11 is 3.27. The van der Waals surface area contributed by atoms with Crippen molar-refractivity contribution in [2.75, 3.05) is 12.4 Å². The number of halogens is 4. The molecule has 0 aliphatic rings. The van der Waals surface area contributed by atoms with Gasteiger partial charge in [0.25, 0.3) is 5.91 Å². The highest BCUT2D eigenvalue weighted by molar-refractivity contribution is 9.10. The molecule has 0 bridgehead atoms. The lowest BCUT2D eigenvalue weighted by atomic mass is 10.1. The third-order valence-electron chi connectivity index (χ3n) is 2.86. The third kappa shape index (κ3) is 3.79. The molecule has 0 aliphatic heterocycles. The molecule has 0 atom stereocenters. The Morgan fingerprint density at radius 3 is 2.50 bits per heavy atom. The average molecular weight is 374 g/mol. The van der Waals surface area contributed by atoms with E-state index in [1.165, 1.54) is 19.2 Å². The molecule has 3 nitrogen and oxygen atoms in total. The van der Waals surface area contributed by atoms with Gasteiger partial charge in [-0.25, -0.2) is 0 Å². The Kier molecular flexibility index (Phi) is 4.75. The number of nitrogens with one attached hydrogen (secondary N) is 1. The summed E-state index contributed by atoms with van der Waals surface area (Å²) in [7, 11) is 1.50. The summed E-state index contributed by atoms with van der Waals surface area (Å²) in [5.41, 5.74) is -0.493. The Morgan fingerprint density at radius 1 is 1.18 bits per heavy atom. The molecule has 2 rings (SSSR count). The number of ether oxygens (including phenoxy) is 1. The molecule has 0 aromatic heterocycles. The average Bonchev–Trinajstić information content (AvgIpc) is 2.46. The quantitative estimate of drug-likeness (QED) is 0.844. The van der Waals surface area contributed by atoms with Gasteiger partial charge >= 0.3 is 6.18 Å². The maximum absolute atomic E-state index is 12.6. The van der Waals surface area contributed by atoms with Gasteiger partial charge in [0.05, 0.1) is 17.1 Å². The largest absolute Gasteiger partial charge is 0.496 e. The van der Waals surface area contributed by atoms with Crippen molar-refractivity contribution < 1.29 is 22.7 Å². The van der Waals surface area contributed by atoms with Crippen LogP contribution < -0.4 is 10.1 Å². The number of benzene rings is 2. The molecule has 0 fully saturated rings. The van der Waals surface area contributed by atoms with E-state index in [4.69, 9.17) is 4.74 Å².